The second kappa shape index (κ2) is 10.1. The van der Waals surface area contributed by atoms with E-state index in [4.69, 9.17) is 14.6 Å². The van der Waals surface area contributed by atoms with Gasteiger partial charge in [-0.15, -0.1) is 0 Å². The molecule has 1 saturated carbocycles. The minimum Gasteiger partial charge on any atom is -0.447 e. The molecule has 0 radical (unpaired) electrons. The van der Waals surface area contributed by atoms with Crippen LogP contribution in [0.2, 0.25) is 0 Å². The molecular weight excluding hydrogens is 347 g/mol. The van der Waals surface area contributed by atoms with Crippen LogP contribution in [0.1, 0.15) is 40.0 Å². The van der Waals surface area contributed by atoms with Crippen molar-refractivity contribution in [2.75, 3.05) is 33.0 Å². The number of rotatable bonds is 8. The molecule has 2 amide bonds. The zero-order chi connectivity index (χ0) is 18.9. The summed E-state index contributed by atoms with van der Waals surface area (Å²) in [6, 6.07) is -0.0339. The number of amides is 2. The summed E-state index contributed by atoms with van der Waals surface area (Å²) in [5.74, 6) is 0. The number of aliphatic hydroxyl groups excluding tert-OH is 1. The Balaban J connectivity index is 2.49. The standard InChI is InChI=1S/C16H31N2O6P/c1-15(2)8-12(18-14(21)23-7-6-22-5-4-19)9-16(3,10-15)11-17-13(20)24-25/h12,19H,4-11,25H2,1-3H3,(H,17,20)(H,18,21). The Labute approximate surface area is 151 Å². The number of ether oxygens (including phenoxy) is 2. The summed E-state index contributed by atoms with van der Waals surface area (Å²) in [4.78, 5) is 23.3. The fourth-order valence-electron chi connectivity index (χ4n) is 3.77. The van der Waals surface area contributed by atoms with E-state index in [1.807, 2.05) is 9.47 Å². The normalized spacial score (nSPS) is 25.1. The van der Waals surface area contributed by atoms with Crippen LogP contribution in [-0.4, -0.2) is 56.3 Å². The summed E-state index contributed by atoms with van der Waals surface area (Å²) in [5, 5.41) is 14.3. The maximum Gasteiger partial charge on any atom is 0.409 e. The molecule has 146 valence electrons. The largest absolute Gasteiger partial charge is 0.447 e. The summed E-state index contributed by atoms with van der Waals surface area (Å²) < 4.78 is 14.7. The highest BCUT2D eigenvalue weighted by Crippen LogP contribution is 2.45. The monoisotopic (exact) mass is 378 g/mol. The van der Waals surface area contributed by atoms with E-state index >= 15 is 0 Å². The van der Waals surface area contributed by atoms with Crippen molar-refractivity contribution >= 4 is 21.7 Å². The fourth-order valence-corrected chi connectivity index (χ4v) is 3.85. The predicted molar refractivity (Wildman–Crippen MR) is 96.1 cm³/mol. The molecule has 0 saturated heterocycles. The molecule has 8 nitrogen and oxygen atoms in total. The van der Waals surface area contributed by atoms with Crippen molar-refractivity contribution in [3.63, 3.8) is 0 Å². The molecule has 0 aromatic rings. The Morgan fingerprint density at radius 3 is 2.52 bits per heavy atom. The van der Waals surface area contributed by atoms with Crippen LogP contribution in [0.5, 0.6) is 0 Å². The summed E-state index contributed by atoms with van der Waals surface area (Å²) in [6.07, 6.45) is 1.55. The van der Waals surface area contributed by atoms with Crippen molar-refractivity contribution in [1.82, 2.24) is 10.6 Å². The molecule has 9 heteroatoms. The van der Waals surface area contributed by atoms with Gasteiger partial charge in [0.2, 0.25) is 0 Å². The maximum absolute atomic E-state index is 11.9. The molecule has 3 atom stereocenters. The Bertz CT molecular complexity index is 448. The highest BCUT2D eigenvalue weighted by molar-refractivity contribution is 7.10. The smallest absolute Gasteiger partial charge is 0.409 e. The molecule has 0 aromatic heterocycles. The number of carbonyl (C=O) groups excluding carboxylic acids is 2. The van der Waals surface area contributed by atoms with Gasteiger partial charge in [-0.1, -0.05) is 20.8 Å². The van der Waals surface area contributed by atoms with E-state index in [1.54, 1.807) is 0 Å². The molecule has 1 aliphatic carbocycles. The van der Waals surface area contributed by atoms with E-state index in [1.165, 1.54) is 0 Å². The van der Waals surface area contributed by atoms with Gasteiger partial charge in [-0.3, -0.25) is 0 Å². The quantitative estimate of drug-likeness (QED) is 0.439. The first-order valence-corrected chi connectivity index (χ1v) is 8.93. The lowest BCUT2D eigenvalue weighted by Gasteiger charge is -2.46. The van der Waals surface area contributed by atoms with Crippen molar-refractivity contribution in [3.8, 4) is 0 Å². The van der Waals surface area contributed by atoms with E-state index in [2.05, 4.69) is 35.9 Å². The van der Waals surface area contributed by atoms with Crippen LogP contribution in [-0.2, 0) is 14.0 Å². The summed E-state index contributed by atoms with van der Waals surface area (Å²) in [7, 11) is 1.92. The van der Waals surface area contributed by atoms with Gasteiger partial charge in [0.15, 0.2) is 0 Å². The van der Waals surface area contributed by atoms with Crippen molar-refractivity contribution in [2.45, 2.75) is 46.1 Å². The molecule has 1 fully saturated rings. The van der Waals surface area contributed by atoms with E-state index in [0.717, 1.165) is 19.3 Å². The molecule has 25 heavy (non-hydrogen) atoms. The lowest BCUT2D eigenvalue weighted by molar-refractivity contribution is 0.0442. The minimum absolute atomic E-state index is 0.0295. The molecule has 1 aliphatic rings. The number of hydrogen-bond acceptors (Lipinski definition) is 6. The number of aliphatic hydroxyl groups is 1. The van der Waals surface area contributed by atoms with Gasteiger partial charge in [-0.05, 0) is 30.1 Å². The Morgan fingerprint density at radius 1 is 1.16 bits per heavy atom. The molecule has 3 unspecified atom stereocenters. The van der Waals surface area contributed by atoms with Crippen molar-refractivity contribution in [3.05, 3.63) is 0 Å². The molecule has 0 bridgehead atoms. The first-order chi connectivity index (χ1) is 11.7. The van der Waals surface area contributed by atoms with Gasteiger partial charge in [0.25, 0.3) is 0 Å². The first kappa shape index (κ1) is 21.9. The third-order valence-corrected chi connectivity index (χ3v) is 4.44. The number of alkyl carbamates (subject to hydrolysis) is 1. The lowest BCUT2D eigenvalue weighted by atomic mass is 9.62. The van der Waals surface area contributed by atoms with Gasteiger partial charge in [0.05, 0.1) is 29.3 Å². The maximum atomic E-state index is 11.9. The zero-order valence-corrected chi connectivity index (χ0v) is 16.5. The van der Waals surface area contributed by atoms with Crippen molar-refractivity contribution in [1.29, 1.82) is 0 Å². The highest BCUT2D eigenvalue weighted by Gasteiger charge is 2.42. The summed E-state index contributed by atoms with van der Waals surface area (Å²) >= 11 is 0. The molecule has 0 aliphatic heterocycles. The van der Waals surface area contributed by atoms with Crippen LogP contribution in [0.3, 0.4) is 0 Å². The third-order valence-electron chi connectivity index (χ3n) is 4.23. The van der Waals surface area contributed by atoms with Gasteiger partial charge in [0, 0.05) is 12.6 Å². The fraction of sp³-hybridized carbons (Fsp3) is 0.875. The van der Waals surface area contributed by atoms with Crippen LogP contribution >= 0.6 is 9.47 Å². The van der Waals surface area contributed by atoms with Gasteiger partial charge < -0.3 is 29.7 Å². The van der Waals surface area contributed by atoms with Crippen molar-refractivity contribution < 1.29 is 28.7 Å². The van der Waals surface area contributed by atoms with Gasteiger partial charge >= 0.3 is 12.2 Å². The van der Waals surface area contributed by atoms with E-state index in [-0.39, 0.29) is 43.3 Å². The Kier molecular flexibility index (Phi) is 8.89. The van der Waals surface area contributed by atoms with E-state index < -0.39 is 12.2 Å². The van der Waals surface area contributed by atoms with Crippen LogP contribution in [0.15, 0.2) is 0 Å². The SMILES string of the molecule is CC1(C)CC(NC(=O)OCCOCCO)CC(C)(CNC(=O)OP)C1. The van der Waals surface area contributed by atoms with E-state index in [9.17, 15) is 9.59 Å². The van der Waals surface area contributed by atoms with Crippen LogP contribution < -0.4 is 10.6 Å². The second-order valence-corrected chi connectivity index (χ2v) is 7.87. The van der Waals surface area contributed by atoms with Gasteiger partial charge in [0.1, 0.15) is 6.61 Å². The Morgan fingerprint density at radius 2 is 1.88 bits per heavy atom. The van der Waals surface area contributed by atoms with Gasteiger partial charge in [-0.2, -0.15) is 0 Å². The average Bonchev–Trinajstić information content (AvgIpc) is 2.50. The molecule has 0 spiro atoms. The molecule has 0 heterocycles. The summed E-state index contributed by atoms with van der Waals surface area (Å²) in [6.45, 7) is 7.45. The Hall–Kier alpha value is -1.11. The molecule has 0 aromatic carbocycles. The zero-order valence-electron chi connectivity index (χ0n) is 15.3. The summed E-state index contributed by atoms with van der Waals surface area (Å²) in [5.41, 5.74) is -0.121. The minimum atomic E-state index is -0.485. The van der Waals surface area contributed by atoms with Crippen LogP contribution in [0.4, 0.5) is 9.59 Å². The van der Waals surface area contributed by atoms with Crippen LogP contribution in [0, 0.1) is 10.8 Å². The molecular formula is C16H31N2O6P. The first-order valence-electron chi connectivity index (χ1n) is 8.46. The number of nitrogens with one attached hydrogen (secondary N) is 2. The van der Waals surface area contributed by atoms with Crippen LogP contribution in [0.25, 0.3) is 0 Å². The third kappa shape index (κ3) is 8.70. The molecule has 3 N–H and O–H groups in total. The average molecular weight is 378 g/mol. The number of hydrogen-bond donors (Lipinski definition) is 3. The van der Waals surface area contributed by atoms with Gasteiger partial charge in [-0.25, -0.2) is 9.59 Å². The number of carbonyl (C=O) groups is 2. The van der Waals surface area contributed by atoms with Crippen molar-refractivity contribution in [2.24, 2.45) is 10.8 Å². The second-order valence-electron chi connectivity index (χ2n) is 7.63. The lowest BCUT2D eigenvalue weighted by Crippen LogP contribution is -2.50. The highest BCUT2D eigenvalue weighted by atomic mass is 31.0. The molecule has 1 rings (SSSR count). The predicted octanol–water partition coefficient (Wildman–Crippen LogP) is 1.82. The topological polar surface area (TPSA) is 106 Å². The van der Waals surface area contributed by atoms with E-state index in [0.29, 0.717) is 6.54 Å².